The minimum absolute atomic E-state index is 0.0266. The van der Waals surface area contributed by atoms with Gasteiger partial charge in [-0.05, 0) is 26.2 Å². The fourth-order valence-corrected chi connectivity index (χ4v) is 2.52. The van der Waals surface area contributed by atoms with Crippen molar-refractivity contribution in [3.05, 3.63) is 0 Å². The molecule has 7 nitrogen and oxygen atoms in total. The van der Waals surface area contributed by atoms with Crippen molar-refractivity contribution >= 4 is 17.9 Å². The summed E-state index contributed by atoms with van der Waals surface area (Å²) in [7, 11) is 0. The molecule has 3 amide bonds. The van der Waals surface area contributed by atoms with E-state index in [1.165, 1.54) is 4.90 Å². The third kappa shape index (κ3) is 4.91. The third-order valence-corrected chi connectivity index (χ3v) is 3.99. The highest BCUT2D eigenvalue weighted by Crippen LogP contribution is 2.21. The van der Waals surface area contributed by atoms with Crippen LogP contribution in [0.4, 0.5) is 4.79 Å². The van der Waals surface area contributed by atoms with Crippen molar-refractivity contribution in [3.63, 3.8) is 0 Å². The standard InChI is InChI=1S/C14H25N3O4/c1-3-4-5-11(13(19)20)16-14(21)17-8-10(12(15)18)7-6-9(17)2/h9-11H,3-8H2,1-2H3,(H2,15,18)(H,16,21)(H,19,20)/t9?,10?,11-/m0/s1. The Balaban J connectivity index is 2.66. The molecule has 1 fully saturated rings. The SMILES string of the molecule is CCCC[C@H](NC(=O)N1CC(C(N)=O)CCC1C)C(=O)O. The number of rotatable bonds is 6. The molecule has 2 unspecified atom stereocenters. The number of aliphatic carboxylic acids is 1. The molecule has 0 radical (unpaired) electrons. The lowest BCUT2D eigenvalue weighted by Gasteiger charge is -2.37. The van der Waals surface area contributed by atoms with Crippen molar-refractivity contribution in [3.8, 4) is 0 Å². The molecule has 1 aliphatic rings. The maximum absolute atomic E-state index is 12.3. The van der Waals surface area contributed by atoms with Crippen molar-refractivity contribution in [1.29, 1.82) is 0 Å². The van der Waals surface area contributed by atoms with Crippen LogP contribution >= 0.6 is 0 Å². The molecule has 0 spiro atoms. The minimum Gasteiger partial charge on any atom is -0.480 e. The molecular formula is C14H25N3O4. The number of hydrogen-bond donors (Lipinski definition) is 3. The predicted octanol–water partition coefficient (Wildman–Crippen LogP) is 0.925. The van der Waals surface area contributed by atoms with Crippen LogP contribution in [0.2, 0.25) is 0 Å². The summed E-state index contributed by atoms with van der Waals surface area (Å²) in [6.07, 6.45) is 3.35. The van der Waals surface area contributed by atoms with E-state index in [9.17, 15) is 14.4 Å². The molecule has 0 bridgehead atoms. The number of nitrogens with zero attached hydrogens (tertiary/aromatic N) is 1. The number of piperidine rings is 1. The first-order valence-electron chi connectivity index (χ1n) is 7.46. The Labute approximate surface area is 124 Å². The largest absolute Gasteiger partial charge is 0.480 e. The average Bonchev–Trinajstić information content (AvgIpc) is 2.42. The summed E-state index contributed by atoms with van der Waals surface area (Å²) in [5, 5.41) is 11.7. The summed E-state index contributed by atoms with van der Waals surface area (Å²) in [5.74, 6) is -1.81. The quantitative estimate of drug-likeness (QED) is 0.677. The molecule has 1 rings (SSSR count). The second-order valence-electron chi connectivity index (χ2n) is 5.66. The Morgan fingerprint density at radius 2 is 2.05 bits per heavy atom. The van der Waals surface area contributed by atoms with Gasteiger partial charge in [0.2, 0.25) is 5.91 Å². The Bertz CT molecular complexity index is 400. The first-order valence-corrected chi connectivity index (χ1v) is 7.46. The number of primary amides is 1. The summed E-state index contributed by atoms with van der Waals surface area (Å²) >= 11 is 0. The smallest absolute Gasteiger partial charge is 0.326 e. The molecule has 4 N–H and O–H groups in total. The fraction of sp³-hybridized carbons (Fsp3) is 0.786. The zero-order valence-corrected chi connectivity index (χ0v) is 12.7. The molecular weight excluding hydrogens is 274 g/mol. The van der Waals surface area contributed by atoms with Gasteiger partial charge in [-0.2, -0.15) is 0 Å². The lowest BCUT2D eigenvalue weighted by molar-refractivity contribution is -0.139. The summed E-state index contributed by atoms with van der Waals surface area (Å²) in [4.78, 5) is 36.2. The van der Waals surface area contributed by atoms with Crippen LogP contribution in [0.25, 0.3) is 0 Å². The molecule has 1 aliphatic heterocycles. The molecule has 0 saturated carbocycles. The summed E-state index contributed by atoms with van der Waals surface area (Å²) in [6.45, 7) is 4.10. The highest BCUT2D eigenvalue weighted by molar-refractivity contribution is 5.83. The zero-order valence-electron chi connectivity index (χ0n) is 12.7. The van der Waals surface area contributed by atoms with Crippen molar-refractivity contribution < 1.29 is 19.5 Å². The zero-order chi connectivity index (χ0) is 16.0. The number of carboxylic acids is 1. The number of carbonyl (C=O) groups is 3. The van der Waals surface area contributed by atoms with E-state index in [-0.39, 0.29) is 18.5 Å². The van der Waals surface area contributed by atoms with Crippen molar-refractivity contribution in [2.45, 2.75) is 58.0 Å². The van der Waals surface area contributed by atoms with Gasteiger partial charge in [0, 0.05) is 12.6 Å². The monoisotopic (exact) mass is 299 g/mol. The lowest BCUT2D eigenvalue weighted by Crippen LogP contribution is -2.55. The van der Waals surface area contributed by atoms with Crippen LogP contribution in [0, 0.1) is 5.92 Å². The molecule has 21 heavy (non-hydrogen) atoms. The number of amides is 3. The van der Waals surface area contributed by atoms with Gasteiger partial charge in [-0.15, -0.1) is 0 Å². The number of carbonyl (C=O) groups excluding carboxylic acids is 2. The highest BCUT2D eigenvalue weighted by Gasteiger charge is 2.33. The lowest BCUT2D eigenvalue weighted by atomic mass is 9.93. The van der Waals surface area contributed by atoms with E-state index in [4.69, 9.17) is 10.8 Å². The number of hydrogen-bond acceptors (Lipinski definition) is 3. The Hall–Kier alpha value is -1.79. The van der Waals surface area contributed by atoms with E-state index in [1.54, 1.807) is 0 Å². The van der Waals surface area contributed by atoms with E-state index in [1.807, 2.05) is 13.8 Å². The van der Waals surface area contributed by atoms with Gasteiger partial charge in [0.1, 0.15) is 6.04 Å². The van der Waals surface area contributed by atoms with Crippen LogP contribution in [-0.4, -0.2) is 46.5 Å². The second-order valence-corrected chi connectivity index (χ2v) is 5.66. The van der Waals surface area contributed by atoms with Crippen LogP contribution < -0.4 is 11.1 Å². The molecule has 0 aromatic rings. The summed E-state index contributed by atoms with van der Waals surface area (Å²) in [6, 6.07) is -1.35. The summed E-state index contributed by atoms with van der Waals surface area (Å²) in [5.41, 5.74) is 5.30. The number of likely N-dealkylation sites (tertiary alicyclic amines) is 1. The molecule has 0 aliphatic carbocycles. The van der Waals surface area contributed by atoms with Crippen molar-refractivity contribution in [1.82, 2.24) is 10.2 Å². The van der Waals surface area contributed by atoms with Gasteiger partial charge in [0.05, 0.1) is 5.92 Å². The number of nitrogens with two attached hydrogens (primary N) is 1. The van der Waals surface area contributed by atoms with E-state index in [0.29, 0.717) is 19.3 Å². The first-order chi connectivity index (χ1) is 9.86. The normalized spacial score (nSPS) is 23.4. The Morgan fingerprint density at radius 3 is 2.57 bits per heavy atom. The van der Waals surface area contributed by atoms with E-state index < -0.39 is 23.9 Å². The molecule has 0 aromatic carbocycles. The van der Waals surface area contributed by atoms with Gasteiger partial charge in [-0.1, -0.05) is 19.8 Å². The summed E-state index contributed by atoms with van der Waals surface area (Å²) < 4.78 is 0. The Morgan fingerprint density at radius 1 is 1.38 bits per heavy atom. The topological polar surface area (TPSA) is 113 Å². The van der Waals surface area contributed by atoms with E-state index in [0.717, 1.165) is 12.8 Å². The highest BCUT2D eigenvalue weighted by atomic mass is 16.4. The van der Waals surface area contributed by atoms with Gasteiger partial charge in [0.15, 0.2) is 0 Å². The van der Waals surface area contributed by atoms with Crippen LogP contribution in [0.3, 0.4) is 0 Å². The van der Waals surface area contributed by atoms with Crippen molar-refractivity contribution in [2.24, 2.45) is 11.7 Å². The third-order valence-electron chi connectivity index (χ3n) is 3.99. The van der Waals surface area contributed by atoms with Crippen LogP contribution in [0.15, 0.2) is 0 Å². The maximum Gasteiger partial charge on any atom is 0.326 e. The molecule has 120 valence electrons. The van der Waals surface area contributed by atoms with Crippen LogP contribution in [0.1, 0.15) is 46.0 Å². The average molecular weight is 299 g/mol. The molecule has 1 saturated heterocycles. The number of unbranched alkanes of at least 4 members (excludes halogenated alkanes) is 1. The van der Waals surface area contributed by atoms with Gasteiger partial charge >= 0.3 is 12.0 Å². The fourth-order valence-electron chi connectivity index (χ4n) is 2.52. The van der Waals surface area contributed by atoms with Gasteiger partial charge in [-0.25, -0.2) is 9.59 Å². The van der Waals surface area contributed by atoms with Crippen molar-refractivity contribution in [2.75, 3.05) is 6.54 Å². The first kappa shape index (κ1) is 17.3. The molecule has 1 heterocycles. The molecule has 7 heteroatoms. The Kier molecular flexibility index (Phi) is 6.45. The molecule has 0 aromatic heterocycles. The maximum atomic E-state index is 12.3. The van der Waals surface area contributed by atoms with E-state index >= 15 is 0 Å². The van der Waals surface area contributed by atoms with Gasteiger partial charge in [0.25, 0.3) is 0 Å². The van der Waals surface area contributed by atoms with Gasteiger partial charge in [-0.3, -0.25) is 4.79 Å². The van der Waals surface area contributed by atoms with Crippen LogP contribution in [-0.2, 0) is 9.59 Å². The van der Waals surface area contributed by atoms with Crippen LogP contribution in [0.5, 0.6) is 0 Å². The number of nitrogens with one attached hydrogen (secondary N) is 1. The number of carboxylic acid groups (broad SMARTS) is 1. The minimum atomic E-state index is -1.03. The van der Waals surface area contributed by atoms with Gasteiger partial charge < -0.3 is 21.1 Å². The molecule has 3 atom stereocenters. The van der Waals surface area contributed by atoms with E-state index in [2.05, 4.69) is 5.32 Å². The number of urea groups is 1. The predicted molar refractivity (Wildman–Crippen MR) is 77.6 cm³/mol. The second kappa shape index (κ2) is 7.85.